The summed E-state index contributed by atoms with van der Waals surface area (Å²) in [4.78, 5) is 21.3. The molecule has 0 saturated carbocycles. The van der Waals surface area contributed by atoms with Crippen LogP contribution < -0.4 is 10.0 Å². The van der Waals surface area contributed by atoms with E-state index in [1.165, 1.54) is 18.2 Å². The topological polar surface area (TPSA) is 128 Å². The van der Waals surface area contributed by atoms with Crippen LogP contribution in [-0.2, 0) is 14.8 Å². The van der Waals surface area contributed by atoms with Gasteiger partial charge in [0.1, 0.15) is 5.60 Å². The Morgan fingerprint density at radius 3 is 2.30 bits per heavy atom. The van der Waals surface area contributed by atoms with Gasteiger partial charge in [0.25, 0.3) is 5.69 Å². The van der Waals surface area contributed by atoms with E-state index in [0.29, 0.717) is 13.0 Å². The van der Waals surface area contributed by atoms with Crippen molar-refractivity contribution in [2.75, 3.05) is 13.1 Å². The number of nitrogens with one attached hydrogen (secondary N) is 2. The minimum absolute atomic E-state index is 0.188. The Labute approximate surface area is 159 Å². The van der Waals surface area contributed by atoms with Crippen LogP contribution in [0.3, 0.4) is 0 Å². The average Bonchev–Trinajstić information content (AvgIpc) is 2.55. The molecule has 0 unspecified atom stereocenters. The van der Waals surface area contributed by atoms with E-state index in [2.05, 4.69) is 10.0 Å². The summed E-state index contributed by atoms with van der Waals surface area (Å²) in [5.74, 6) is 0. The predicted molar refractivity (Wildman–Crippen MR) is 101 cm³/mol. The van der Waals surface area contributed by atoms with Crippen LogP contribution in [0.4, 0.5) is 10.5 Å². The monoisotopic (exact) mass is 401 g/mol. The van der Waals surface area contributed by atoms with Gasteiger partial charge in [0.05, 0.1) is 4.92 Å². The molecular formula is C17H27N3O6S. The molecule has 0 bridgehead atoms. The van der Waals surface area contributed by atoms with E-state index in [1.54, 1.807) is 20.8 Å². The SMILES string of the molecule is CC(C)(C)OC(=O)NCCCCCCNS(=O)(=O)c1ccccc1[N+](=O)[O-]. The van der Waals surface area contributed by atoms with Gasteiger partial charge >= 0.3 is 6.09 Å². The molecule has 0 atom stereocenters. The number of benzene rings is 1. The average molecular weight is 401 g/mol. The fourth-order valence-electron chi connectivity index (χ4n) is 2.23. The highest BCUT2D eigenvalue weighted by Crippen LogP contribution is 2.22. The maximum absolute atomic E-state index is 12.2. The number of nitrogens with zero attached hydrogens (tertiary/aromatic N) is 1. The Kier molecular flexibility index (Phi) is 8.64. The lowest BCUT2D eigenvalue weighted by Gasteiger charge is -2.19. The largest absolute Gasteiger partial charge is 0.444 e. The number of unbranched alkanes of at least 4 members (excludes halogenated alkanes) is 3. The number of hydrogen-bond acceptors (Lipinski definition) is 6. The minimum atomic E-state index is -3.93. The van der Waals surface area contributed by atoms with Gasteiger partial charge in [0, 0.05) is 19.2 Å². The van der Waals surface area contributed by atoms with Crippen molar-refractivity contribution >= 4 is 21.8 Å². The summed E-state index contributed by atoms with van der Waals surface area (Å²) in [5.41, 5.74) is -0.979. The molecule has 1 aromatic rings. The fourth-order valence-corrected chi connectivity index (χ4v) is 3.47. The van der Waals surface area contributed by atoms with Gasteiger partial charge in [-0.2, -0.15) is 0 Å². The van der Waals surface area contributed by atoms with E-state index in [0.717, 1.165) is 25.3 Å². The first-order valence-corrected chi connectivity index (χ1v) is 10.2. The standard InChI is InChI=1S/C17H27N3O6S/c1-17(2,3)26-16(21)18-12-8-4-5-9-13-19-27(24,25)15-11-7-6-10-14(15)20(22)23/h6-7,10-11,19H,4-5,8-9,12-13H2,1-3H3,(H,18,21). The molecule has 1 aromatic carbocycles. The molecule has 0 aliphatic carbocycles. The molecule has 1 amide bonds. The van der Waals surface area contributed by atoms with Crippen molar-refractivity contribution in [2.45, 2.75) is 57.0 Å². The number of rotatable bonds is 10. The molecule has 0 aliphatic heterocycles. The number of alkyl carbamates (subject to hydrolysis) is 1. The Bertz CT molecular complexity index is 743. The molecule has 0 spiro atoms. The number of hydrogen-bond donors (Lipinski definition) is 2. The molecule has 152 valence electrons. The molecule has 0 aromatic heterocycles. The zero-order valence-electron chi connectivity index (χ0n) is 15.9. The van der Waals surface area contributed by atoms with Gasteiger partial charge in [-0.1, -0.05) is 25.0 Å². The molecule has 0 saturated heterocycles. The van der Waals surface area contributed by atoms with Crippen molar-refractivity contribution in [1.82, 2.24) is 10.0 Å². The lowest BCUT2D eigenvalue weighted by molar-refractivity contribution is -0.387. The van der Waals surface area contributed by atoms with Crippen LogP contribution >= 0.6 is 0 Å². The molecule has 1 rings (SSSR count). The van der Waals surface area contributed by atoms with Crippen LogP contribution in [0.5, 0.6) is 0 Å². The third-order valence-electron chi connectivity index (χ3n) is 3.42. The highest BCUT2D eigenvalue weighted by Gasteiger charge is 2.24. The molecule has 9 nitrogen and oxygen atoms in total. The van der Waals surface area contributed by atoms with Gasteiger partial charge in [-0.05, 0) is 39.7 Å². The van der Waals surface area contributed by atoms with Crippen molar-refractivity contribution in [3.8, 4) is 0 Å². The smallest absolute Gasteiger partial charge is 0.407 e. The van der Waals surface area contributed by atoms with Gasteiger partial charge in [-0.25, -0.2) is 17.9 Å². The molecule has 27 heavy (non-hydrogen) atoms. The molecule has 0 fully saturated rings. The number of ether oxygens (including phenoxy) is 1. The highest BCUT2D eigenvalue weighted by atomic mass is 32.2. The van der Waals surface area contributed by atoms with Crippen LogP contribution in [0.15, 0.2) is 29.2 Å². The zero-order chi connectivity index (χ0) is 20.5. The van der Waals surface area contributed by atoms with Crippen molar-refractivity contribution in [3.05, 3.63) is 34.4 Å². The second kappa shape index (κ2) is 10.2. The van der Waals surface area contributed by atoms with Crippen molar-refractivity contribution in [1.29, 1.82) is 0 Å². The van der Waals surface area contributed by atoms with Crippen LogP contribution in [0.25, 0.3) is 0 Å². The number of carbonyl (C=O) groups excluding carboxylic acids is 1. The van der Waals surface area contributed by atoms with Gasteiger partial charge in [-0.15, -0.1) is 0 Å². The first kappa shape index (κ1) is 22.8. The quantitative estimate of drug-likeness (QED) is 0.352. The second-order valence-corrected chi connectivity index (χ2v) is 8.70. The van der Waals surface area contributed by atoms with Gasteiger partial charge in [0.15, 0.2) is 4.90 Å². The summed E-state index contributed by atoms with van der Waals surface area (Å²) in [5, 5.41) is 13.6. The summed E-state index contributed by atoms with van der Waals surface area (Å²) in [6.07, 6.45) is 2.45. The predicted octanol–water partition coefficient (Wildman–Crippen LogP) is 2.96. The lowest BCUT2D eigenvalue weighted by atomic mass is 10.2. The molecular weight excluding hydrogens is 374 g/mol. The molecule has 0 radical (unpaired) electrons. The minimum Gasteiger partial charge on any atom is -0.444 e. The van der Waals surface area contributed by atoms with Gasteiger partial charge in [-0.3, -0.25) is 10.1 Å². The number of nitro groups is 1. The van der Waals surface area contributed by atoms with Gasteiger partial charge in [0.2, 0.25) is 10.0 Å². The molecule has 2 N–H and O–H groups in total. The third-order valence-corrected chi connectivity index (χ3v) is 4.92. The number of amides is 1. The summed E-state index contributed by atoms with van der Waals surface area (Å²) in [7, 11) is -3.93. The van der Waals surface area contributed by atoms with Crippen LogP contribution in [-0.4, -0.2) is 38.1 Å². The summed E-state index contributed by atoms with van der Waals surface area (Å²) in [6, 6.07) is 5.23. The van der Waals surface area contributed by atoms with E-state index >= 15 is 0 Å². The Balaban J connectivity index is 2.27. The maximum atomic E-state index is 12.2. The molecule has 10 heteroatoms. The highest BCUT2D eigenvalue weighted by molar-refractivity contribution is 7.89. The Morgan fingerprint density at radius 1 is 1.11 bits per heavy atom. The first-order chi connectivity index (χ1) is 12.5. The van der Waals surface area contributed by atoms with Crippen LogP contribution in [0.1, 0.15) is 46.5 Å². The number of carbonyl (C=O) groups is 1. The Hall–Kier alpha value is -2.20. The second-order valence-electron chi connectivity index (χ2n) is 6.97. The molecule has 0 aliphatic rings. The number of sulfonamides is 1. The van der Waals surface area contributed by atoms with E-state index in [9.17, 15) is 23.3 Å². The van der Waals surface area contributed by atoms with Crippen molar-refractivity contribution in [3.63, 3.8) is 0 Å². The van der Waals surface area contributed by atoms with E-state index in [1.807, 2.05) is 0 Å². The number of para-hydroxylation sites is 1. The number of nitro benzene ring substituents is 1. The van der Waals surface area contributed by atoms with Crippen molar-refractivity contribution in [2.24, 2.45) is 0 Å². The normalized spacial score (nSPS) is 11.8. The van der Waals surface area contributed by atoms with E-state index in [4.69, 9.17) is 4.74 Å². The van der Waals surface area contributed by atoms with Crippen LogP contribution in [0, 0.1) is 10.1 Å². The van der Waals surface area contributed by atoms with E-state index < -0.39 is 32.3 Å². The zero-order valence-corrected chi connectivity index (χ0v) is 16.7. The van der Waals surface area contributed by atoms with Crippen LogP contribution in [0.2, 0.25) is 0 Å². The van der Waals surface area contributed by atoms with Crippen molar-refractivity contribution < 1.29 is 22.9 Å². The first-order valence-electron chi connectivity index (χ1n) is 8.73. The fraction of sp³-hybridized carbons (Fsp3) is 0.588. The van der Waals surface area contributed by atoms with E-state index in [-0.39, 0.29) is 11.4 Å². The lowest BCUT2D eigenvalue weighted by Crippen LogP contribution is -2.33. The third kappa shape index (κ3) is 8.83. The summed E-state index contributed by atoms with van der Waals surface area (Å²) >= 11 is 0. The Morgan fingerprint density at radius 2 is 1.70 bits per heavy atom. The summed E-state index contributed by atoms with van der Waals surface area (Å²) < 4.78 is 31.9. The maximum Gasteiger partial charge on any atom is 0.407 e. The van der Waals surface area contributed by atoms with Gasteiger partial charge < -0.3 is 10.1 Å². The molecule has 0 heterocycles. The summed E-state index contributed by atoms with van der Waals surface area (Å²) in [6.45, 7) is 6.04.